The Morgan fingerprint density at radius 3 is 2.20 bits per heavy atom. The average molecular weight is 1170 g/mol. The molecular weight excluding hydrogens is 1090 g/mol. The number of aliphatic hydroxyl groups is 1. The normalized spacial score (nSPS) is 22.5. The highest BCUT2D eigenvalue weighted by molar-refractivity contribution is 7.13. The van der Waals surface area contributed by atoms with Gasteiger partial charge in [-0.25, -0.2) is 19.3 Å². The molecular formula is C66H80ClFN8O6S. The summed E-state index contributed by atoms with van der Waals surface area (Å²) < 4.78 is 17.3. The summed E-state index contributed by atoms with van der Waals surface area (Å²) in [6.07, 6.45) is 11.2. The lowest BCUT2D eigenvalue weighted by atomic mass is 9.68. The number of hydrogen-bond donors (Lipinski definition) is 4. The second-order valence-electron chi connectivity index (χ2n) is 25.3. The molecule has 17 heteroatoms. The number of thiazole rings is 1. The summed E-state index contributed by atoms with van der Waals surface area (Å²) in [4.78, 5) is 75.5. The third kappa shape index (κ3) is 13.4. The molecule has 14 nitrogen and oxygen atoms in total. The summed E-state index contributed by atoms with van der Waals surface area (Å²) in [5, 5.41) is 30.0. The maximum absolute atomic E-state index is 17.3. The van der Waals surface area contributed by atoms with Gasteiger partial charge in [-0.15, -0.1) is 11.3 Å². The van der Waals surface area contributed by atoms with E-state index in [-0.39, 0.29) is 76.3 Å². The molecule has 0 spiro atoms. The van der Waals surface area contributed by atoms with Crippen LogP contribution in [0.1, 0.15) is 128 Å². The number of carbonyl (C=O) groups is 4. The summed E-state index contributed by atoms with van der Waals surface area (Å²) in [6, 6.07) is 18.4. The number of nitrogens with one attached hydrogen (secondary N) is 2. The summed E-state index contributed by atoms with van der Waals surface area (Å²) in [7, 11) is 0. The molecule has 4 N–H and O–H groups in total. The van der Waals surface area contributed by atoms with Crippen LogP contribution in [0.2, 0.25) is 5.02 Å². The number of anilines is 1. The number of carbonyl (C=O) groups excluding carboxylic acids is 4. The van der Waals surface area contributed by atoms with Gasteiger partial charge < -0.3 is 35.5 Å². The molecule has 2 saturated carbocycles. The van der Waals surface area contributed by atoms with Crippen LogP contribution in [-0.2, 0) is 25.6 Å². The van der Waals surface area contributed by atoms with Crippen molar-refractivity contribution in [1.82, 2.24) is 35.4 Å². The molecule has 5 atom stereocenters. The Balaban J connectivity index is 0.725. The van der Waals surface area contributed by atoms with Crippen LogP contribution in [0, 0.1) is 47.7 Å². The van der Waals surface area contributed by atoms with Crippen molar-refractivity contribution in [3.8, 4) is 27.3 Å². The zero-order valence-electron chi connectivity index (χ0n) is 48.8. The molecule has 10 rings (SSSR count). The fourth-order valence-corrected chi connectivity index (χ4v) is 14.9. The summed E-state index contributed by atoms with van der Waals surface area (Å²) in [5.74, 6) is 1.88. The number of piperazine rings is 1. The first-order valence-electron chi connectivity index (χ1n) is 29.9. The molecule has 4 amide bonds. The maximum Gasteiger partial charge on any atom is 0.246 e. The Kier molecular flexibility index (Phi) is 18.2. The second-order valence-corrected chi connectivity index (χ2v) is 26.6. The molecule has 2 aromatic heterocycles. The standard InChI is InChI=1S/C66H80ClFN8O6S/c1-8-57(80)74-25-27-75(28-26-74)63-52-35-53(67)58(51-33-48(77)32-47-11-9-10-12-50(47)51)59(68)60(52)71-55(72-63)30-38(2)29-41-13-17-44(18-14-41)45-19-15-42(16-20-45)31-56(79)73-62(66(5,6)7)65(82)76-36-49(78)34-54(76)64(81)70-39(3)43-21-23-46(24-22-43)61-40(4)69-37-83-61/h8-12,21-24,32-33,35,37-39,41-42,44-45,49,54,62,77-78H,1,13-20,25-31,34,36H2,2-7H3,(H,70,81)(H,73,79)/t38-,39+,41?,42?,44?,45?,49-,54+,62-/m1/s1. The first-order chi connectivity index (χ1) is 39.7. The number of rotatable bonds is 16. The smallest absolute Gasteiger partial charge is 0.246 e. The highest BCUT2D eigenvalue weighted by Crippen LogP contribution is 2.45. The molecule has 6 aromatic rings. The number of likely N-dealkylation sites (tertiary alicyclic amines) is 1. The van der Waals surface area contributed by atoms with E-state index in [1.54, 1.807) is 34.4 Å². The molecule has 0 radical (unpaired) electrons. The van der Waals surface area contributed by atoms with Gasteiger partial charge in [-0.05, 0) is 146 Å². The number of halogens is 2. The number of aromatic nitrogens is 3. The van der Waals surface area contributed by atoms with Crippen molar-refractivity contribution in [2.24, 2.45) is 35.0 Å². The van der Waals surface area contributed by atoms with Gasteiger partial charge in [0, 0.05) is 62.9 Å². The molecule has 2 aliphatic carbocycles. The number of benzene rings is 4. The third-order valence-electron chi connectivity index (χ3n) is 18.3. The fraction of sp³-hybridized carbons (Fsp3) is 0.500. The van der Waals surface area contributed by atoms with Crippen molar-refractivity contribution in [2.75, 3.05) is 37.6 Å². The van der Waals surface area contributed by atoms with E-state index in [2.05, 4.69) is 34.0 Å². The minimum atomic E-state index is -0.875. The van der Waals surface area contributed by atoms with Gasteiger partial charge in [0.05, 0.1) is 33.3 Å². The molecule has 2 saturated heterocycles. The molecule has 440 valence electrons. The molecule has 4 aromatic carbocycles. The van der Waals surface area contributed by atoms with Gasteiger partial charge in [-0.3, -0.25) is 19.2 Å². The number of aliphatic hydroxyl groups excluding tert-OH is 1. The predicted molar refractivity (Wildman–Crippen MR) is 327 cm³/mol. The number of nitrogens with zero attached hydrogens (tertiary/aromatic N) is 6. The molecule has 83 heavy (non-hydrogen) atoms. The van der Waals surface area contributed by atoms with Gasteiger partial charge in [-0.2, -0.15) is 0 Å². The molecule has 4 fully saturated rings. The number of phenols is 1. The number of aryl methyl sites for hydroxylation is 1. The Hall–Kier alpha value is -6.49. The van der Waals surface area contributed by atoms with Gasteiger partial charge in [0.15, 0.2) is 5.82 Å². The van der Waals surface area contributed by atoms with Crippen LogP contribution in [0.15, 0.2) is 84.9 Å². The van der Waals surface area contributed by atoms with Gasteiger partial charge >= 0.3 is 0 Å². The second kappa shape index (κ2) is 25.4. The van der Waals surface area contributed by atoms with Gasteiger partial charge in [-0.1, -0.05) is 107 Å². The Labute approximate surface area is 496 Å². The number of amides is 4. The van der Waals surface area contributed by atoms with Crippen LogP contribution in [0.4, 0.5) is 10.2 Å². The topological polar surface area (TPSA) is 181 Å². The molecule has 4 heterocycles. The minimum Gasteiger partial charge on any atom is -0.508 e. The Morgan fingerprint density at radius 2 is 1.55 bits per heavy atom. The van der Waals surface area contributed by atoms with Crippen molar-refractivity contribution >= 4 is 74.1 Å². The van der Waals surface area contributed by atoms with Crippen LogP contribution in [0.25, 0.3) is 43.2 Å². The maximum atomic E-state index is 17.3. The fourth-order valence-electron chi connectivity index (χ4n) is 13.8. The van der Waals surface area contributed by atoms with E-state index in [4.69, 9.17) is 21.6 Å². The highest BCUT2D eigenvalue weighted by atomic mass is 35.5. The lowest BCUT2D eigenvalue weighted by molar-refractivity contribution is -0.144. The first kappa shape index (κ1) is 59.7. The zero-order valence-corrected chi connectivity index (χ0v) is 50.4. The van der Waals surface area contributed by atoms with Crippen LogP contribution in [0.5, 0.6) is 5.75 Å². The average Bonchev–Trinajstić information content (AvgIpc) is 4.26. The van der Waals surface area contributed by atoms with E-state index in [1.807, 2.05) is 88.7 Å². The minimum absolute atomic E-state index is 0.00726. The highest BCUT2D eigenvalue weighted by Gasteiger charge is 2.45. The van der Waals surface area contributed by atoms with E-state index in [1.165, 1.54) is 23.8 Å². The summed E-state index contributed by atoms with van der Waals surface area (Å²) in [6.45, 7) is 17.5. The van der Waals surface area contributed by atoms with E-state index in [0.29, 0.717) is 79.4 Å². The van der Waals surface area contributed by atoms with E-state index < -0.39 is 29.4 Å². The Bertz CT molecular complexity index is 3360. The van der Waals surface area contributed by atoms with Crippen LogP contribution in [0.3, 0.4) is 0 Å². The van der Waals surface area contributed by atoms with Crippen LogP contribution < -0.4 is 15.5 Å². The third-order valence-corrected chi connectivity index (χ3v) is 19.6. The molecule has 0 unspecified atom stereocenters. The zero-order chi connectivity index (χ0) is 58.9. The van der Waals surface area contributed by atoms with Gasteiger partial charge in [0.2, 0.25) is 23.6 Å². The summed E-state index contributed by atoms with van der Waals surface area (Å²) >= 11 is 8.59. The lowest BCUT2D eigenvalue weighted by Crippen LogP contribution is -2.58. The van der Waals surface area contributed by atoms with Crippen molar-refractivity contribution < 1.29 is 33.8 Å². The van der Waals surface area contributed by atoms with Crippen LogP contribution in [-0.4, -0.2) is 110 Å². The number of aromatic hydroxyl groups is 1. The molecule has 2 aliphatic heterocycles. The lowest BCUT2D eigenvalue weighted by Gasteiger charge is -2.38. The number of fused-ring (bicyclic) bond motifs is 2. The number of hydrogen-bond acceptors (Lipinski definition) is 11. The SMILES string of the molecule is C=CC(=O)N1CCN(c2nc(C[C@H](C)CC3CCC(C4CCC(CC(=O)N[C@H](C(=O)N5C[C@H](O)C[C@H]5C(=O)N[C@@H](C)c5ccc(-c6scnc6C)cc5)C(C)(C)C)CC4)CC3)nc3c(F)c(-c4cc(O)cc5ccccc45)c(Cl)cc23)CC1. The predicted octanol–water partition coefficient (Wildman–Crippen LogP) is 12.2. The van der Waals surface area contributed by atoms with Gasteiger partial charge in [0.1, 0.15) is 35.0 Å². The molecule has 0 bridgehead atoms. The van der Waals surface area contributed by atoms with E-state index in [9.17, 15) is 29.4 Å². The summed E-state index contributed by atoms with van der Waals surface area (Å²) in [5.41, 5.74) is 4.96. The largest absolute Gasteiger partial charge is 0.508 e. The first-order valence-corrected chi connectivity index (χ1v) is 31.1. The quantitative estimate of drug-likeness (QED) is 0.0681. The van der Waals surface area contributed by atoms with Crippen molar-refractivity contribution in [1.29, 1.82) is 0 Å². The van der Waals surface area contributed by atoms with Gasteiger partial charge in [0.25, 0.3) is 0 Å². The van der Waals surface area contributed by atoms with Crippen molar-refractivity contribution in [3.05, 3.63) is 113 Å². The number of β-amino-alcohol motifs (C(OH)–C–C–N with tert-alkyl or cyclic N) is 1. The number of phenolic OH excluding ortho intramolecular Hbond substituents is 1. The Morgan fingerprint density at radius 1 is 0.880 bits per heavy atom. The monoisotopic (exact) mass is 1170 g/mol. The van der Waals surface area contributed by atoms with Crippen LogP contribution >= 0.6 is 22.9 Å². The molecule has 4 aliphatic rings. The van der Waals surface area contributed by atoms with Crippen molar-refractivity contribution in [3.63, 3.8) is 0 Å². The van der Waals surface area contributed by atoms with E-state index in [0.717, 1.165) is 77.4 Å². The van der Waals surface area contributed by atoms with Crippen molar-refractivity contribution in [2.45, 2.75) is 143 Å². The van der Waals surface area contributed by atoms with E-state index >= 15 is 4.39 Å².